The number of para-hydroxylation sites is 1. The predicted molar refractivity (Wildman–Crippen MR) is 77.8 cm³/mol. The number of nitrogens with one attached hydrogen (secondary N) is 1. The van der Waals surface area contributed by atoms with Gasteiger partial charge in [-0.3, -0.25) is 0 Å². The van der Waals surface area contributed by atoms with Crippen LogP contribution in [0.4, 0.5) is 14.5 Å². The Kier molecular flexibility index (Phi) is 5.36. The van der Waals surface area contributed by atoms with Gasteiger partial charge in [0.15, 0.2) is 0 Å². The number of halogens is 3. The second-order valence-electron chi connectivity index (χ2n) is 4.30. The fourth-order valence-corrected chi connectivity index (χ4v) is 2.11. The average molecular weight is 314 g/mol. The molecule has 0 heterocycles. The molecule has 0 aliphatic rings. The van der Waals surface area contributed by atoms with Crippen molar-refractivity contribution in [3.8, 4) is 5.75 Å². The minimum Gasteiger partial charge on any atom is -0.434 e. The zero-order valence-electron chi connectivity index (χ0n) is 11.0. The first kappa shape index (κ1) is 15.5. The minimum absolute atomic E-state index is 0.0726. The van der Waals surface area contributed by atoms with E-state index in [1.54, 1.807) is 24.3 Å². The molecule has 0 saturated carbocycles. The highest BCUT2D eigenvalue weighted by molar-refractivity contribution is 6.30. The molecule has 0 atom stereocenters. The number of alkyl halides is 2. The maximum Gasteiger partial charge on any atom is 0.387 e. The van der Waals surface area contributed by atoms with Crippen molar-refractivity contribution in [1.82, 2.24) is 0 Å². The number of ether oxygens (including phenoxy) is 1. The lowest BCUT2D eigenvalue weighted by atomic mass is 10.1. The van der Waals surface area contributed by atoms with Crippen LogP contribution in [0.5, 0.6) is 5.75 Å². The standard InChI is InChI=1S/C15H14ClF2NO2/c16-12-5-6-14(21-15(17)18)11(7-12)8-19-13-4-2-1-3-10(13)9-20/h1-7,15,19-20H,8-9H2. The Bertz CT molecular complexity index is 608. The van der Waals surface area contributed by atoms with Gasteiger partial charge in [-0.1, -0.05) is 29.8 Å². The molecule has 0 fully saturated rings. The van der Waals surface area contributed by atoms with Gasteiger partial charge in [0.1, 0.15) is 5.75 Å². The van der Waals surface area contributed by atoms with Gasteiger partial charge in [0, 0.05) is 28.4 Å². The summed E-state index contributed by atoms with van der Waals surface area (Å²) in [5, 5.41) is 12.8. The van der Waals surface area contributed by atoms with Crippen molar-refractivity contribution in [2.45, 2.75) is 19.8 Å². The van der Waals surface area contributed by atoms with Crippen LogP contribution in [0.1, 0.15) is 11.1 Å². The number of hydrogen-bond donors (Lipinski definition) is 2. The summed E-state index contributed by atoms with van der Waals surface area (Å²) in [6.07, 6.45) is 0. The van der Waals surface area contributed by atoms with Crippen LogP contribution in [0.25, 0.3) is 0 Å². The summed E-state index contributed by atoms with van der Waals surface area (Å²) in [5.74, 6) is 0.0726. The molecule has 0 aliphatic heterocycles. The molecule has 2 rings (SSSR count). The molecule has 0 saturated heterocycles. The smallest absolute Gasteiger partial charge is 0.387 e. The number of hydrogen-bond acceptors (Lipinski definition) is 3. The normalized spacial score (nSPS) is 10.7. The van der Waals surface area contributed by atoms with Crippen molar-refractivity contribution < 1.29 is 18.6 Å². The van der Waals surface area contributed by atoms with E-state index in [9.17, 15) is 13.9 Å². The Labute approximate surface area is 126 Å². The van der Waals surface area contributed by atoms with Crippen molar-refractivity contribution in [3.05, 3.63) is 58.6 Å². The van der Waals surface area contributed by atoms with Gasteiger partial charge in [0.05, 0.1) is 6.61 Å². The van der Waals surface area contributed by atoms with Gasteiger partial charge in [-0.15, -0.1) is 0 Å². The van der Waals surface area contributed by atoms with E-state index in [1.165, 1.54) is 12.1 Å². The molecule has 2 aromatic rings. The molecule has 0 aromatic heterocycles. The molecule has 2 aromatic carbocycles. The molecule has 2 N–H and O–H groups in total. The van der Waals surface area contributed by atoms with Crippen LogP contribution in [0, 0.1) is 0 Å². The molecular weight excluding hydrogens is 300 g/mol. The first-order valence-electron chi connectivity index (χ1n) is 6.26. The Hall–Kier alpha value is -1.85. The molecule has 0 spiro atoms. The number of aliphatic hydroxyl groups excluding tert-OH is 1. The number of rotatable bonds is 6. The fourth-order valence-electron chi connectivity index (χ4n) is 1.92. The largest absolute Gasteiger partial charge is 0.434 e. The summed E-state index contributed by atoms with van der Waals surface area (Å²) in [7, 11) is 0. The van der Waals surface area contributed by atoms with Crippen LogP contribution in [0.2, 0.25) is 5.02 Å². The quantitative estimate of drug-likeness (QED) is 0.845. The molecular formula is C15H14ClF2NO2. The van der Waals surface area contributed by atoms with Crippen LogP contribution in [-0.4, -0.2) is 11.7 Å². The zero-order chi connectivity index (χ0) is 15.2. The zero-order valence-corrected chi connectivity index (χ0v) is 11.8. The molecule has 0 amide bonds. The third-order valence-electron chi connectivity index (χ3n) is 2.90. The van der Waals surface area contributed by atoms with Crippen LogP contribution in [-0.2, 0) is 13.2 Å². The summed E-state index contributed by atoms with van der Waals surface area (Å²) >= 11 is 5.88. The Balaban J connectivity index is 2.17. The van der Waals surface area contributed by atoms with Gasteiger partial charge in [-0.25, -0.2) is 0 Å². The number of benzene rings is 2. The summed E-state index contributed by atoms with van der Waals surface area (Å²) in [6.45, 7) is -2.76. The number of aliphatic hydroxyl groups is 1. The van der Waals surface area contributed by atoms with E-state index in [0.717, 1.165) is 11.3 Å². The SMILES string of the molecule is OCc1ccccc1NCc1cc(Cl)ccc1OC(F)F. The Morgan fingerprint density at radius 3 is 2.62 bits per heavy atom. The van der Waals surface area contributed by atoms with Gasteiger partial charge < -0.3 is 15.2 Å². The van der Waals surface area contributed by atoms with Gasteiger partial charge in [0.2, 0.25) is 0 Å². The third-order valence-corrected chi connectivity index (χ3v) is 3.13. The Morgan fingerprint density at radius 1 is 1.14 bits per heavy atom. The summed E-state index contributed by atoms with van der Waals surface area (Å²) < 4.78 is 29.2. The first-order chi connectivity index (χ1) is 10.1. The van der Waals surface area contributed by atoms with E-state index >= 15 is 0 Å². The Morgan fingerprint density at radius 2 is 1.90 bits per heavy atom. The summed E-state index contributed by atoms with van der Waals surface area (Å²) in [4.78, 5) is 0. The van der Waals surface area contributed by atoms with Gasteiger partial charge in [0.25, 0.3) is 0 Å². The summed E-state index contributed by atoms with van der Waals surface area (Å²) in [5.41, 5.74) is 1.95. The molecule has 21 heavy (non-hydrogen) atoms. The second-order valence-corrected chi connectivity index (χ2v) is 4.74. The van der Waals surface area contributed by atoms with Crippen molar-refractivity contribution in [2.75, 3.05) is 5.32 Å². The maximum atomic E-state index is 12.4. The van der Waals surface area contributed by atoms with Gasteiger partial charge in [-0.2, -0.15) is 8.78 Å². The topological polar surface area (TPSA) is 41.5 Å². The number of anilines is 1. The second kappa shape index (κ2) is 7.24. The maximum absolute atomic E-state index is 12.4. The molecule has 112 valence electrons. The molecule has 6 heteroatoms. The van der Waals surface area contributed by atoms with Crippen LogP contribution < -0.4 is 10.1 Å². The highest BCUT2D eigenvalue weighted by Gasteiger charge is 2.10. The molecule has 3 nitrogen and oxygen atoms in total. The van der Waals surface area contributed by atoms with Gasteiger partial charge >= 0.3 is 6.61 Å². The van der Waals surface area contributed by atoms with Crippen molar-refractivity contribution in [2.24, 2.45) is 0 Å². The van der Waals surface area contributed by atoms with Crippen LogP contribution >= 0.6 is 11.6 Å². The average Bonchev–Trinajstić information content (AvgIpc) is 2.47. The third kappa shape index (κ3) is 4.31. The van der Waals surface area contributed by atoms with Crippen LogP contribution in [0.15, 0.2) is 42.5 Å². The van der Waals surface area contributed by atoms with Crippen molar-refractivity contribution in [1.29, 1.82) is 0 Å². The van der Waals surface area contributed by atoms with Crippen molar-refractivity contribution in [3.63, 3.8) is 0 Å². The highest BCUT2D eigenvalue weighted by Crippen LogP contribution is 2.26. The lowest BCUT2D eigenvalue weighted by molar-refractivity contribution is -0.0504. The predicted octanol–water partition coefficient (Wildman–Crippen LogP) is 4.05. The van der Waals surface area contributed by atoms with Crippen molar-refractivity contribution >= 4 is 17.3 Å². The lowest BCUT2D eigenvalue weighted by Crippen LogP contribution is -2.08. The molecule has 0 bridgehead atoms. The monoisotopic (exact) mass is 313 g/mol. The van der Waals surface area contributed by atoms with E-state index in [1.807, 2.05) is 6.07 Å². The molecule has 0 aliphatic carbocycles. The fraction of sp³-hybridized carbons (Fsp3) is 0.200. The van der Waals surface area contributed by atoms with E-state index in [2.05, 4.69) is 10.1 Å². The lowest BCUT2D eigenvalue weighted by Gasteiger charge is -2.14. The van der Waals surface area contributed by atoms with Gasteiger partial charge in [-0.05, 0) is 24.3 Å². The van der Waals surface area contributed by atoms with E-state index in [4.69, 9.17) is 11.6 Å². The highest BCUT2D eigenvalue weighted by atomic mass is 35.5. The molecule has 0 unspecified atom stereocenters. The van der Waals surface area contributed by atoms with E-state index < -0.39 is 6.61 Å². The summed E-state index contributed by atoms with van der Waals surface area (Å²) in [6, 6.07) is 11.7. The van der Waals surface area contributed by atoms with Crippen LogP contribution in [0.3, 0.4) is 0 Å². The van der Waals surface area contributed by atoms with E-state index in [0.29, 0.717) is 10.6 Å². The first-order valence-corrected chi connectivity index (χ1v) is 6.64. The molecule has 0 radical (unpaired) electrons. The van der Waals surface area contributed by atoms with E-state index in [-0.39, 0.29) is 18.9 Å². The minimum atomic E-state index is -2.89.